The Morgan fingerprint density at radius 1 is 1.50 bits per heavy atom. The zero-order chi connectivity index (χ0) is 13.4. The lowest BCUT2D eigenvalue weighted by atomic mass is 10.2. The largest absolute Gasteiger partial charge is 0.465 e. The Bertz CT molecular complexity index is 592. The van der Waals surface area contributed by atoms with Gasteiger partial charge in [0.25, 0.3) is 5.56 Å². The van der Waals surface area contributed by atoms with Crippen LogP contribution in [-0.2, 0) is 11.3 Å². The molecule has 8 nitrogen and oxygen atoms in total. The van der Waals surface area contributed by atoms with Gasteiger partial charge in [-0.25, -0.2) is 4.79 Å². The van der Waals surface area contributed by atoms with Crippen molar-refractivity contribution >= 4 is 17.5 Å². The van der Waals surface area contributed by atoms with Crippen molar-refractivity contribution in [2.75, 3.05) is 25.6 Å². The number of hydrogen-bond donors (Lipinski definition) is 0. The summed E-state index contributed by atoms with van der Waals surface area (Å²) in [6.45, 7) is 0.855. The summed E-state index contributed by atoms with van der Waals surface area (Å²) in [5, 5.41) is 11.1. The van der Waals surface area contributed by atoms with Gasteiger partial charge in [-0.1, -0.05) is 0 Å². The second-order valence-corrected chi connectivity index (χ2v) is 3.89. The number of nitrogens with zero attached hydrogens (tertiary/aromatic N) is 3. The zero-order valence-corrected chi connectivity index (χ0v) is 9.87. The number of hydrogen-bond acceptors (Lipinski definition) is 6. The number of rotatable bonds is 2. The predicted molar refractivity (Wildman–Crippen MR) is 62.0 cm³/mol. The fourth-order valence-corrected chi connectivity index (χ4v) is 2.03. The first-order valence-electron chi connectivity index (χ1n) is 5.19. The van der Waals surface area contributed by atoms with Crippen LogP contribution in [0.1, 0.15) is 10.4 Å². The number of nitro groups is 1. The third-order valence-electron chi connectivity index (χ3n) is 2.86. The molecule has 1 aromatic rings. The van der Waals surface area contributed by atoms with Crippen LogP contribution in [0.3, 0.4) is 0 Å². The summed E-state index contributed by atoms with van der Waals surface area (Å²) in [6, 6.07) is 0.951. The normalized spacial score (nSPS) is 13.3. The molecular weight excluding hydrogens is 242 g/mol. The maximum Gasteiger partial charge on any atom is 0.345 e. The molecule has 1 aromatic heterocycles. The number of ether oxygens (including phenoxy) is 1. The molecule has 8 heteroatoms. The maximum atomic E-state index is 11.8. The first-order valence-corrected chi connectivity index (χ1v) is 5.19. The van der Waals surface area contributed by atoms with Crippen LogP contribution in [0, 0.1) is 10.1 Å². The lowest BCUT2D eigenvalue weighted by Gasteiger charge is -2.12. The Hall–Kier alpha value is -2.38. The van der Waals surface area contributed by atoms with Gasteiger partial charge >= 0.3 is 11.7 Å². The van der Waals surface area contributed by atoms with E-state index in [-0.39, 0.29) is 17.1 Å². The first-order chi connectivity index (χ1) is 8.47. The van der Waals surface area contributed by atoms with Gasteiger partial charge in [-0.05, 0) is 0 Å². The van der Waals surface area contributed by atoms with Crippen molar-refractivity contribution in [1.29, 1.82) is 0 Å². The van der Waals surface area contributed by atoms with E-state index in [0.717, 1.165) is 13.2 Å². The van der Waals surface area contributed by atoms with Gasteiger partial charge in [-0.2, -0.15) is 0 Å². The molecule has 0 radical (unpaired) electrons. The van der Waals surface area contributed by atoms with Crippen molar-refractivity contribution in [3.63, 3.8) is 0 Å². The molecule has 0 fully saturated rings. The monoisotopic (exact) mass is 253 g/mol. The van der Waals surface area contributed by atoms with E-state index >= 15 is 0 Å². The molecule has 0 bridgehead atoms. The van der Waals surface area contributed by atoms with E-state index in [1.165, 1.54) is 4.57 Å². The van der Waals surface area contributed by atoms with Crippen LogP contribution in [0.2, 0.25) is 0 Å². The minimum atomic E-state index is -0.887. The molecule has 0 amide bonds. The topological polar surface area (TPSA) is 94.7 Å². The third-order valence-corrected chi connectivity index (χ3v) is 2.86. The first kappa shape index (κ1) is 12.1. The highest BCUT2D eigenvalue weighted by Gasteiger charge is 2.34. The van der Waals surface area contributed by atoms with E-state index in [0.29, 0.717) is 13.1 Å². The summed E-state index contributed by atoms with van der Waals surface area (Å²) < 4.78 is 5.75. The number of esters is 1. The van der Waals surface area contributed by atoms with Gasteiger partial charge in [0, 0.05) is 26.2 Å². The molecule has 0 N–H and O–H groups in total. The van der Waals surface area contributed by atoms with Crippen molar-refractivity contribution in [2.24, 2.45) is 0 Å². The number of anilines is 1. The van der Waals surface area contributed by atoms with Gasteiger partial charge < -0.3 is 9.64 Å². The highest BCUT2D eigenvalue weighted by atomic mass is 16.6. The smallest absolute Gasteiger partial charge is 0.345 e. The molecule has 2 rings (SSSR count). The Balaban J connectivity index is 2.81. The van der Waals surface area contributed by atoms with Crippen LogP contribution in [0.25, 0.3) is 0 Å². The third kappa shape index (κ3) is 1.62. The summed E-state index contributed by atoms with van der Waals surface area (Å²) in [5.74, 6) is -0.740. The van der Waals surface area contributed by atoms with Gasteiger partial charge in [0.1, 0.15) is 5.56 Å². The summed E-state index contributed by atoms with van der Waals surface area (Å²) in [4.78, 5) is 35.3. The molecule has 0 saturated heterocycles. The molecule has 2 heterocycles. The Morgan fingerprint density at radius 3 is 2.72 bits per heavy atom. The number of pyridine rings is 1. The van der Waals surface area contributed by atoms with Crippen LogP contribution in [-0.4, -0.2) is 36.2 Å². The van der Waals surface area contributed by atoms with Crippen LogP contribution in [0.5, 0.6) is 0 Å². The fraction of sp³-hybridized carbons (Fsp3) is 0.400. The van der Waals surface area contributed by atoms with Crippen molar-refractivity contribution in [3.8, 4) is 0 Å². The number of likely N-dealkylation sites (N-methyl/N-ethyl adjacent to an activating group) is 1. The van der Waals surface area contributed by atoms with Gasteiger partial charge in [-0.3, -0.25) is 19.5 Å². The van der Waals surface area contributed by atoms with Crippen LogP contribution < -0.4 is 10.5 Å². The number of methoxy groups -OCH3 is 1. The highest BCUT2D eigenvalue weighted by Crippen LogP contribution is 2.32. The van der Waals surface area contributed by atoms with Gasteiger partial charge in [0.15, 0.2) is 5.82 Å². The summed E-state index contributed by atoms with van der Waals surface area (Å²) in [5.41, 5.74) is -1.14. The van der Waals surface area contributed by atoms with Crippen molar-refractivity contribution < 1.29 is 14.5 Å². The van der Waals surface area contributed by atoms with E-state index in [1.54, 1.807) is 11.9 Å². The van der Waals surface area contributed by atoms with Crippen molar-refractivity contribution in [3.05, 3.63) is 32.1 Å². The molecule has 1 aliphatic heterocycles. The molecule has 0 unspecified atom stereocenters. The lowest BCUT2D eigenvalue weighted by molar-refractivity contribution is -0.384. The summed E-state index contributed by atoms with van der Waals surface area (Å²) in [6.07, 6.45) is 0. The second kappa shape index (κ2) is 4.13. The van der Waals surface area contributed by atoms with Crippen molar-refractivity contribution in [2.45, 2.75) is 6.54 Å². The zero-order valence-electron chi connectivity index (χ0n) is 9.87. The number of carbonyl (C=O) groups excluding carboxylic acids is 1. The lowest BCUT2D eigenvalue weighted by Crippen LogP contribution is -2.23. The van der Waals surface area contributed by atoms with Gasteiger partial charge in [0.2, 0.25) is 0 Å². The molecule has 18 heavy (non-hydrogen) atoms. The molecule has 0 saturated carbocycles. The van der Waals surface area contributed by atoms with Crippen LogP contribution in [0.4, 0.5) is 11.5 Å². The van der Waals surface area contributed by atoms with E-state index in [9.17, 15) is 19.7 Å². The van der Waals surface area contributed by atoms with Crippen LogP contribution >= 0.6 is 0 Å². The summed E-state index contributed by atoms with van der Waals surface area (Å²) in [7, 11) is 2.74. The standard InChI is InChI=1S/C10H11N3O5/c1-11-3-4-12-7(14)5-6(10(15)18-2)8(9(11)12)13(16)17/h5H,3-4H2,1-2H3. The number of carbonyl (C=O) groups is 1. The maximum absolute atomic E-state index is 11.8. The highest BCUT2D eigenvalue weighted by molar-refractivity contribution is 5.96. The molecule has 96 valence electrons. The summed E-state index contributed by atoms with van der Waals surface area (Å²) >= 11 is 0. The predicted octanol–water partition coefficient (Wildman–Crippen LogP) is -0.00710. The Labute approximate surface area is 102 Å². The van der Waals surface area contributed by atoms with E-state index in [1.807, 2.05) is 0 Å². The minimum absolute atomic E-state index is 0.146. The number of fused-ring (bicyclic) bond motifs is 1. The van der Waals surface area contributed by atoms with Crippen molar-refractivity contribution in [1.82, 2.24) is 4.57 Å². The Morgan fingerprint density at radius 2 is 2.17 bits per heavy atom. The SMILES string of the molecule is COC(=O)c1cc(=O)n2c(c1[N+](=O)[O-])N(C)CC2. The van der Waals surface area contributed by atoms with Gasteiger partial charge in [-0.15, -0.1) is 0 Å². The fourth-order valence-electron chi connectivity index (χ4n) is 2.03. The molecule has 1 aliphatic rings. The average molecular weight is 253 g/mol. The molecular formula is C10H11N3O5. The molecule has 0 aliphatic carbocycles. The molecule has 0 spiro atoms. The van der Waals surface area contributed by atoms with Crippen LogP contribution in [0.15, 0.2) is 10.9 Å². The second-order valence-electron chi connectivity index (χ2n) is 3.89. The average Bonchev–Trinajstić information content (AvgIpc) is 2.70. The number of aromatic nitrogens is 1. The quantitative estimate of drug-likeness (QED) is 0.418. The van der Waals surface area contributed by atoms with E-state index in [2.05, 4.69) is 4.74 Å². The molecule has 0 atom stereocenters. The molecule has 0 aromatic carbocycles. The van der Waals surface area contributed by atoms with E-state index in [4.69, 9.17) is 0 Å². The minimum Gasteiger partial charge on any atom is -0.465 e. The Kier molecular flexibility index (Phi) is 2.77. The van der Waals surface area contributed by atoms with Gasteiger partial charge in [0.05, 0.1) is 12.0 Å². The van der Waals surface area contributed by atoms with E-state index < -0.39 is 16.5 Å².